The summed E-state index contributed by atoms with van der Waals surface area (Å²) in [4.78, 5) is 14.5. The molecule has 1 fully saturated rings. The average molecular weight is 344 g/mol. The van der Waals surface area contributed by atoms with Gasteiger partial charge in [0.15, 0.2) is 0 Å². The predicted octanol–water partition coefficient (Wildman–Crippen LogP) is 1.41. The number of morpholine rings is 1. The van der Waals surface area contributed by atoms with Gasteiger partial charge in [-0.15, -0.1) is 0 Å². The van der Waals surface area contributed by atoms with Gasteiger partial charge in [-0.1, -0.05) is 12.1 Å². The Morgan fingerprint density at radius 2 is 2.12 bits per heavy atom. The van der Waals surface area contributed by atoms with Crippen molar-refractivity contribution in [3.05, 3.63) is 41.7 Å². The van der Waals surface area contributed by atoms with E-state index in [4.69, 9.17) is 4.74 Å². The van der Waals surface area contributed by atoms with E-state index in [0.717, 1.165) is 50.5 Å². The first-order valence-corrected chi connectivity index (χ1v) is 8.51. The molecule has 2 aromatic rings. The number of aromatic nitrogens is 2. The first-order valence-electron chi connectivity index (χ1n) is 8.51. The molecule has 134 valence electrons. The average Bonchev–Trinajstić information content (AvgIpc) is 3.04. The number of benzene rings is 1. The maximum absolute atomic E-state index is 12.1. The Morgan fingerprint density at radius 3 is 2.88 bits per heavy atom. The van der Waals surface area contributed by atoms with Crippen LogP contribution in [0.2, 0.25) is 0 Å². The van der Waals surface area contributed by atoms with Crippen molar-refractivity contribution in [1.82, 2.24) is 14.7 Å². The summed E-state index contributed by atoms with van der Waals surface area (Å²) in [6, 6.07) is 5.28. The third-order valence-corrected chi connectivity index (χ3v) is 4.30. The number of aromatic hydroxyl groups is 1. The Morgan fingerprint density at radius 1 is 1.32 bits per heavy atom. The molecule has 1 saturated heterocycles. The van der Waals surface area contributed by atoms with Gasteiger partial charge in [0.1, 0.15) is 5.75 Å². The smallest absolute Gasteiger partial charge is 0.228 e. The zero-order chi connectivity index (χ0) is 17.6. The molecule has 0 radical (unpaired) electrons. The molecular weight excluding hydrogens is 320 g/mol. The van der Waals surface area contributed by atoms with Crippen LogP contribution >= 0.6 is 0 Å². The fourth-order valence-electron chi connectivity index (χ4n) is 2.77. The second-order valence-corrected chi connectivity index (χ2v) is 6.29. The van der Waals surface area contributed by atoms with E-state index in [0.29, 0.717) is 5.69 Å². The Balaban J connectivity index is 1.48. The van der Waals surface area contributed by atoms with Crippen LogP contribution in [0.4, 0.5) is 5.69 Å². The van der Waals surface area contributed by atoms with Crippen LogP contribution in [0.1, 0.15) is 11.1 Å². The van der Waals surface area contributed by atoms with Crippen molar-refractivity contribution in [2.45, 2.75) is 19.9 Å². The van der Waals surface area contributed by atoms with Crippen LogP contribution in [-0.2, 0) is 22.5 Å². The number of aryl methyl sites for hydroxylation is 1. The summed E-state index contributed by atoms with van der Waals surface area (Å²) < 4.78 is 7.17. The number of anilines is 1. The van der Waals surface area contributed by atoms with Gasteiger partial charge in [-0.05, 0) is 24.1 Å². The Labute approximate surface area is 147 Å². The van der Waals surface area contributed by atoms with Gasteiger partial charge >= 0.3 is 0 Å². The number of carbonyl (C=O) groups is 1. The lowest BCUT2D eigenvalue weighted by molar-refractivity contribution is -0.115. The van der Waals surface area contributed by atoms with Gasteiger partial charge < -0.3 is 15.2 Å². The quantitative estimate of drug-likeness (QED) is 0.828. The molecule has 0 atom stereocenters. The summed E-state index contributed by atoms with van der Waals surface area (Å²) in [7, 11) is 0. The fraction of sp³-hybridized carbons (Fsp3) is 0.444. The van der Waals surface area contributed by atoms with Crippen LogP contribution < -0.4 is 5.32 Å². The van der Waals surface area contributed by atoms with E-state index >= 15 is 0 Å². The lowest BCUT2D eigenvalue weighted by Gasteiger charge is -2.26. The number of phenols is 1. The van der Waals surface area contributed by atoms with Crippen molar-refractivity contribution in [2.24, 2.45) is 0 Å². The largest absolute Gasteiger partial charge is 0.508 e. The molecular formula is C18H24N4O3. The van der Waals surface area contributed by atoms with Crippen molar-refractivity contribution in [3.8, 4) is 5.75 Å². The number of carbonyl (C=O) groups excluding carboxylic acids is 1. The van der Waals surface area contributed by atoms with E-state index in [2.05, 4.69) is 15.3 Å². The van der Waals surface area contributed by atoms with Crippen LogP contribution in [-0.4, -0.2) is 58.5 Å². The molecule has 2 heterocycles. The van der Waals surface area contributed by atoms with Gasteiger partial charge in [-0.2, -0.15) is 5.10 Å². The highest BCUT2D eigenvalue weighted by Crippen LogP contribution is 2.18. The summed E-state index contributed by atoms with van der Waals surface area (Å²) in [5, 5.41) is 16.9. The second-order valence-electron chi connectivity index (χ2n) is 6.29. The Bertz CT molecular complexity index is 723. The van der Waals surface area contributed by atoms with Crippen LogP contribution in [0.5, 0.6) is 5.75 Å². The fourth-order valence-corrected chi connectivity index (χ4v) is 2.77. The predicted molar refractivity (Wildman–Crippen MR) is 94.7 cm³/mol. The number of hydrogen-bond acceptors (Lipinski definition) is 5. The number of ether oxygens (including phenoxy) is 1. The van der Waals surface area contributed by atoms with E-state index in [-0.39, 0.29) is 18.1 Å². The lowest BCUT2D eigenvalue weighted by atomic mass is 10.1. The van der Waals surface area contributed by atoms with Crippen molar-refractivity contribution in [1.29, 1.82) is 0 Å². The molecule has 0 saturated carbocycles. The molecule has 2 N–H and O–H groups in total. The Hall–Kier alpha value is -2.38. The number of amides is 1. The number of nitrogens with zero attached hydrogens (tertiary/aromatic N) is 3. The minimum atomic E-state index is -0.129. The lowest BCUT2D eigenvalue weighted by Crippen LogP contribution is -2.38. The van der Waals surface area contributed by atoms with Crippen molar-refractivity contribution < 1.29 is 14.6 Å². The molecule has 1 amide bonds. The van der Waals surface area contributed by atoms with Crippen LogP contribution in [0.3, 0.4) is 0 Å². The van der Waals surface area contributed by atoms with Gasteiger partial charge in [0.2, 0.25) is 5.91 Å². The van der Waals surface area contributed by atoms with Crippen LogP contribution in [0, 0.1) is 6.92 Å². The number of phenolic OH excluding ortho intramolecular Hbond substituents is 1. The second kappa shape index (κ2) is 8.13. The summed E-state index contributed by atoms with van der Waals surface area (Å²) in [6.45, 7) is 7.00. The van der Waals surface area contributed by atoms with Gasteiger partial charge in [-0.25, -0.2) is 0 Å². The third-order valence-electron chi connectivity index (χ3n) is 4.30. The third kappa shape index (κ3) is 5.04. The minimum Gasteiger partial charge on any atom is -0.508 e. The first kappa shape index (κ1) is 17.4. The van der Waals surface area contributed by atoms with Crippen molar-refractivity contribution in [2.75, 3.05) is 38.2 Å². The molecule has 0 bridgehead atoms. The molecule has 3 rings (SSSR count). The molecule has 0 unspecified atom stereocenters. The molecule has 1 aromatic carbocycles. The van der Waals surface area contributed by atoms with Gasteiger partial charge in [-0.3, -0.25) is 14.4 Å². The molecule has 7 heteroatoms. The Kier molecular flexibility index (Phi) is 5.67. The van der Waals surface area contributed by atoms with Crippen LogP contribution in [0.25, 0.3) is 0 Å². The van der Waals surface area contributed by atoms with Crippen molar-refractivity contribution in [3.63, 3.8) is 0 Å². The number of nitrogens with one attached hydrogen (secondary N) is 1. The van der Waals surface area contributed by atoms with Gasteiger partial charge in [0, 0.05) is 25.8 Å². The normalized spacial score (nSPS) is 15.2. The SMILES string of the molecule is Cc1ccc(CC(=O)Nc2cnn(CCN3CCOCC3)c2)cc1O. The highest BCUT2D eigenvalue weighted by molar-refractivity contribution is 5.92. The van der Waals surface area contributed by atoms with Crippen LogP contribution in [0.15, 0.2) is 30.6 Å². The summed E-state index contributed by atoms with van der Waals surface area (Å²) in [6.07, 6.45) is 3.71. The molecule has 0 spiro atoms. The first-order chi connectivity index (χ1) is 12.1. The minimum absolute atomic E-state index is 0.129. The summed E-state index contributed by atoms with van der Waals surface area (Å²) >= 11 is 0. The number of rotatable bonds is 6. The monoisotopic (exact) mass is 344 g/mol. The van der Waals surface area contributed by atoms with Crippen molar-refractivity contribution >= 4 is 11.6 Å². The highest BCUT2D eigenvalue weighted by Gasteiger charge is 2.11. The highest BCUT2D eigenvalue weighted by atomic mass is 16.5. The molecule has 0 aliphatic carbocycles. The van der Waals surface area contributed by atoms with Gasteiger partial charge in [0.05, 0.1) is 38.1 Å². The zero-order valence-corrected chi connectivity index (χ0v) is 14.4. The molecule has 1 aliphatic heterocycles. The molecule has 1 aliphatic rings. The van der Waals surface area contributed by atoms with E-state index in [1.807, 2.05) is 29.9 Å². The maximum Gasteiger partial charge on any atom is 0.228 e. The molecule has 25 heavy (non-hydrogen) atoms. The number of hydrogen-bond donors (Lipinski definition) is 2. The standard InChI is InChI=1S/C18H24N4O3/c1-14-2-3-15(10-17(14)23)11-18(24)20-16-12-19-22(13-16)5-4-21-6-8-25-9-7-21/h2-3,10,12-13,23H,4-9,11H2,1H3,(H,20,24). The molecule has 1 aromatic heterocycles. The zero-order valence-electron chi connectivity index (χ0n) is 14.4. The van der Waals surface area contributed by atoms with E-state index in [1.54, 1.807) is 12.3 Å². The molecule has 7 nitrogen and oxygen atoms in total. The van der Waals surface area contributed by atoms with E-state index in [9.17, 15) is 9.90 Å². The van der Waals surface area contributed by atoms with E-state index in [1.165, 1.54) is 0 Å². The maximum atomic E-state index is 12.1. The summed E-state index contributed by atoms with van der Waals surface area (Å²) in [5.41, 5.74) is 2.26. The van der Waals surface area contributed by atoms with Gasteiger partial charge in [0.25, 0.3) is 0 Å². The summed E-state index contributed by atoms with van der Waals surface area (Å²) in [5.74, 6) is 0.0808. The van der Waals surface area contributed by atoms with E-state index < -0.39 is 0 Å². The topological polar surface area (TPSA) is 79.6 Å².